The lowest BCUT2D eigenvalue weighted by atomic mass is 10.1. The van der Waals surface area contributed by atoms with Gasteiger partial charge in [0.1, 0.15) is 0 Å². The minimum atomic E-state index is -2.88. The van der Waals surface area contributed by atoms with Crippen molar-refractivity contribution in [3.05, 3.63) is 59.9 Å². The molecule has 2 nitrogen and oxygen atoms in total. The van der Waals surface area contributed by atoms with Gasteiger partial charge in [-0.25, -0.2) is 0 Å². The zero-order valence-electron chi connectivity index (χ0n) is 12.5. The quantitative estimate of drug-likeness (QED) is 0.803. The van der Waals surface area contributed by atoms with Gasteiger partial charge in [-0.15, -0.1) is 0 Å². The van der Waals surface area contributed by atoms with E-state index in [1.165, 1.54) is 12.1 Å². The second kappa shape index (κ2) is 6.85. The number of nitrogens with one attached hydrogen (secondary N) is 1. The smallest absolute Gasteiger partial charge is 0.290 e. The van der Waals surface area contributed by atoms with Crippen molar-refractivity contribution in [1.29, 1.82) is 0 Å². The van der Waals surface area contributed by atoms with Crippen LogP contribution in [0.4, 0.5) is 8.78 Å². The van der Waals surface area contributed by atoms with E-state index < -0.39 is 5.92 Å². The number of alkyl halides is 2. The summed E-state index contributed by atoms with van der Waals surface area (Å²) in [6.07, 6.45) is 2.74. The van der Waals surface area contributed by atoms with Crippen LogP contribution in [-0.2, 0) is 12.5 Å². The van der Waals surface area contributed by atoms with Gasteiger partial charge in [0.15, 0.2) is 0 Å². The van der Waals surface area contributed by atoms with E-state index in [2.05, 4.69) is 12.2 Å². The first kappa shape index (κ1) is 15.7. The number of benzene rings is 1. The van der Waals surface area contributed by atoms with Gasteiger partial charge in [0.2, 0.25) is 0 Å². The number of nitrogens with zero attached hydrogens (tertiary/aromatic N) is 1. The number of hydrogen-bond donors (Lipinski definition) is 1. The third-order valence-corrected chi connectivity index (χ3v) is 3.57. The summed E-state index contributed by atoms with van der Waals surface area (Å²) in [6, 6.07) is 11.8. The Morgan fingerprint density at radius 2 is 1.86 bits per heavy atom. The third kappa shape index (κ3) is 3.91. The molecule has 0 saturated heterocycles. The minimum Gasteiger partial charge on any atom is -0.344 e. The van der Waals surface area contributed by atoms with Crippen LogP contribution in [0, 0.1) is 0 Å². The molecule has 1 aromatic heterocycles. The Hall–Kier alpha value is -1.68. The Balaban J connectivity index is 2.15. The molecule has 0 bridgehead atoms. The van der Waals surface area contributed by atoms with E-state index >= 15 is 0 Å². The Morgan fingerprint density at radius 1 is 1.14 bits per heavy atom. The van der Waals surface area contributed by atoms with Crippen molar-refractivity contribution in [2.75, 3.05) is 6.54 Å². The second-order valence-electron chi connectivity index (χ2n) is 5.31. The summed E-state index contributed by atoms with van der Waals surface area (Å²) in [5.41, 5.74) is 0.942. The summed E-state index contributed by atoms with van der Waals surface area (Å²) in [7, 11) is 0. The molecule has 0 saturated carbocycles. The van der Waals surface area contributed by atoms with Crippen LogP contribution in [0.1, 0.15) is 37.6 Å². The van der Waals surface area contributed by atoms with E-state index in [0.717, 1.165) is 18.7 Å². The standard InChI is InChI=1S/C17H22F2N2/c1-3-11-20-14(2)16-10-7-12-21(16)13-17(18,19)15-8-5-4-6-9-15/h4-10,12,14,20H,3,11,13H2,1-2H3. The van der Waals surface area contributed by atoms with Crippen molar-refractivity contribution < 1.29 is 8.78 Å². The molecule has 0 aliphatic rings. The van der Waals surface area contributed by atoms with Crippen LogP contribution in [0.5, 0.6) is 0 Å². The first-order valence-electron chi connectivity index (χ1n) is 7.36. The van der Waals surface area contributed by atoms with E-state index in [-0.39, 0.29) is 18.2 Å². The summed E-state index contributed by atoms with van der Waals surface area (Å²) < 4.78 is 30.4. The average molecular weight is 292 g/mol. The highest BCUT2D eigenvalue weighted by molar-refractivity contribution is 5.21. The Kier molecular flexibility index (Phi) is 5.12. The molecule has 0 radical (unpaired) electrons. The van der Waals surface area contributed by atoms with Gasteiger partial charge in [0, 0.05) is 23.5 Å². The van der Waals surface area contributed by atoms with Crippen molar-refractivity contribution in [3.63, 3.8) is 0 Å². The van der Waals surface area contributed by atoms with E-state index in [9.17, 15) is 8.78 Å². The van der Waals surface area contributed by atoms with Crippen molar-refractivity contribution in [2.24, 2.45) is 0 Å². The van der Waals surface area contributed by atoms with Crippen molar-refractivity contribution in [1.82, 2.24) is 9.88 Å². The van der Waals surface area contributed by atoms with Gasteiger partial charge >= 0.3 is 0 Å². The molecule has 1 N–H and O–H groups in total. The number of halogens is 2. The van der Waals surface area contributed by atoms with E-state index in [0.29, 0.717) is 0 Å². The molecule has 1 heterocycles. The first-order chi connectivity index (χ1) is 10.0. The summed E-state index contributed by atoms with van der Waals surface area (Å²) in [6.45, 7) is 4.63. The largest absolute Gasteiger partial charge is 0.344 e. The molecule has 21 heavy (non-hydrogen) atoms. The highest BCUT2D eigenvalue weighted by Crippen LogP contribution is 2.31. The fraction of sp³-hybridized carbons (Fsp3) is 0.412. The lowest BCUT2D eigenvalue weighted by Crippen LogP contribution is -2.26. The van der Waals surface area contributed by atoms with Crippen LogP contribution in [0.25, 0.3) is 0 Å². The van der Waals surface area contributed by atoms with Gasteiger partial charge < -0.3 is 9.88 Å². The van der Waals surface area contributed by atoms with Gasteiger partial charge in [-0.1, -0.05) is 37.3 Å². The third-order valence-electron chi connectivity index (χ3n) is 3.57. The summed E-state index contributed by atoms with van der Waals surface area (Å²) in [5, 5.41) is 3.33. The van der Waals surface area contributed by atoms with E-state index in [1.807, 2.05) is 19.1 Å². The molecule has 1 atom stereocenters. The topological polar surface area (TPSA) is 17.0 Å². The van der Waals surface area contributed by atoms with Crippen molar-refractivity contribution in [3.8, 4) is 0 Å². The molecule has 2 aromatic rings. The summed E-state index contributed by atoms with van der Waals surface area (Å²) in [4.78, 5) is 0. The van der Waals surface area contributed by atoms with Crippen molar-refractivity contribution in [2.45, 2.75) is 38.8 Å². The van der Waals surface area contributed by atoms with Crippen LogP contribution in [0.2, 0.25) is 0 Å². The highest BCUT2D eigenvalue weighted by atomic mass is 19.3. The number of aromatic nitrogens is 1. The molecule has 0 aliphatic carbocycles. The van der Waals surface area contributed by atoms with Gasteiger partial charge in [-0.2, -0.15) is 8.78 Å². The van der Waals surface area contributed by atoms with Crippen molar-refractivity contribution >= 4 is 0 Å². The Morgan fingerprint density at radius 3 is 2.52 bits per heavy atom. The minimum absolute atomic E-state index is 0.0545. The molecular formula is C17H22F2N2. The molecule has 1 unspecified atom stereocenters. The van der Waals surface area contributed by atoms with E-state index in [1.54, 1.807) is 29.0 Å². The van der Waals surface area contributed by atoms with Gasteiger partial charge in [-0.05, 0) is 32.0 Å². The SMILES string of the molecule is CCCNC(C)c1cccn1CC(F)(F)c1ccccc1. The van der Waals surface area contributed by atoms with Gasteiger partial charge in [0.05, 0.1) is 6.54 Å². The average Bonchev–Trinajstić information content (AvgIpc) is 2.93. The monoisotopic (exact) mass is 292 g/mol. The summed E-state index contributed by atoms with van der Waals surface area (Å²) in [5.74, 6) is -2.88. The zero-order valence-corrected chi connectivity index (χ0v) is 12.5. The van der Waals surface area contributed by atoms with Gasteiger partial charge in [-0.3, -0.25) is 0 Å². The molecular weight excluding hydrogens is 270 g/mol. The molecule has 114 valence electrons. The normalized spacial score (nSPS) is 13.3. The predicted molar refractivity (Wildman–Crippen MR) is 81.5 cm³/mol. The molecule has 1 aromatic carbocycles. The first-order valence-corrected chi connectivity index (χ1v) is 7.36. The molecule has 0 fully saturated rings. The molecule has 0 amide bonds. The van der Waals surface area contributed by atoms with E-state index in [4.69, 9.17) is 0 Å². The maximum atomic E-state index is 14.4. The Labute approximate surface area is 124 Å². The van der Waals surface area contributed by atoms with Crippen LogP contribution in [0.3, 0.4) is 0 Å². The predicted octanol–water partition coefficient (Wildman–Crippen LogP) is 4.34. The zero-order chi connectivity index (χ0) is 15.3. The van der Waals surface area contributed by atoms with Crippen LogP contribution >= 0.6 is 0 Å². The number of rotatable bonds is 7. The lowest BCUT2D eigenvalue weighted by Gasteiger charge is -2.22. The van der Waals surface area contributed by atoms with Crippen LogP contribution in [0.15, 0.2) is 48.7 Å². The molecule has 4 heteroatoms. The highest BCUT2D eigenvalue weighted by Gasteiger charge is 2.32. The van der Waals surface area contributed by atoms with Crippen LogP contribution < -0.4 is 5.32 Å². The molecule has 0 spiro atoms. The second-order valence-corrected chi connectivity index (χ2v) is 5.31. The fourth-order valence-corrected chi connectivity index (χ4v) is 2.42. The van der Waals surface area contributed by atoms with Gasteiger partial charge in [0.25, 0.3) is 5.92 Å². The fourth-order valence-electron chi connectivity index (χ4n) is 2.42. The molecule has 2 rings (SSSR count). The summed E-state index contributed by atoms with van der Waals surface area (Å²) >= 11 is 0. The maximum absolute atomic E-state index is 14.4. The number of hydrogen-bond acceptors (Lipinski definition) is 1. The van der Waals surface area contributed by atoms with Crippen LogP contribution in [-0.4, -0.2) is 11.1 Å². The molecule has 0 aliphatic heterocycles. The lowest BCUT2D eigenvalue weighted by molar-refractivity contribution is -0.0230. The Bertz CT molecular complexity index is 549. The maximum Gasteiger partial charge on any atom is 0.290 e.